The van der Waals surface area contributed by atoms with Crippen LogP contribution in [0.25, 0.3) is 0 Å². The van der Waals surface area contributed by atoms with Crippen LogP contribution in [0.5, 0.6) is 11.5 Å². The number of fused-ring (bicyclic) bond motifs is 1. The summed E-state index contributed by atoms with van der Waals surface area (Å²) in [6.07, 6.45) is 2.61. The molecule has 2 aromatic rings. The largest absolute Gasteiger partial charge is 0.497 e. The second-order valence-corrected chi connectivity index (χ2v) is 8.60. The number of benzene rings is 2. The Morgan fingerprint density at radius 3 is 2.30 bits per heavy atom. The number of nitrogens with one attached hydrogen (secondary N) is 1. The van der Waals surface area contributed by atoms with Crippen molar-refractivity contribution in [2.75, 3.05) is 33.0 Å². The van der Waals surface area contributed by atoms with Crippen molar-refractivity contribution in [2.45, 2.75) is 30.2 Å². The molecule has 1 aliphatic rings. The lowest BCUT2D eigenvalue weighted by Crippen LogP contribution is -2.34. The molecule has 6 nitrogen and oxygen atoms in total. The lowest BCUT2D eigenvalue weighted by molar-refractivity contribution is 0.265. The molecule has 0 spiro atoms. The smallest absolute Gasteiger partial charge is 0.261 e. The van der Waals surface area contributed by atoms with Crippen molar-refractivity contribution in [1.29, 1.82) is 0 Å². The Bertz CT molecular complexity index is 908. The Hall–Kier alpha value is -2.25. The number of anilines is 1. The second-order valence-electron chi connectivity index (χ2n) is 6.91. The molecule has 0 heterocycles. The van der Waals surface area contributed by atoms with Crippen LogP contribution in [0.1, 0.15) is 17.5 Å². The van der Waals surface area contributed by atoms with Crippen molar-refractivity contribution in [2.24, 2.45) is 0 Å². The van der Waals surface area contributed by atoms with E-state index in [1.807, 2.05) is 6.07 Å². The number of nitrogens with zero attached hydrogens (tertiary/aromatic N) is 1. The van der Waals surface area contributed by atoms with E-state index in [1.54, 1.807) is 44.6 Å². The molecule has 1 atom stereocenters. The number of methoxy groups -OCH3 is 2. The van der Waals surface area contributed by atoms with Crippen LogP contribution in [-0.2, 0) is 22.9 Å². The topological polar surface area (TPSA) is 67.9 Å². The SMILES string of the molecule is COc1ccc(S(=O)(=O)Nc2ccc(OC)c3c2CCC(N(C)C)C3)cc1. The Kier molecular flexibility index (Phi) is 5.62. The molecule has 27 heavy (non-hydrogen) atoms. The number of rotatable bonds is 6. The maximum absolute atomic E-state index is 12.8. The standard InChI is InChI=1S/C20H26N2O4S/c1-22(2)14-5-10-17-18(13-14)20(26-4)12-11-19(17)21-27(23,24)16-8-6-15(25-3)7-9-16/h6-9,11-12,14,21H,5,10,13H2,1-4H3. The molecule has 0 fully saturated rings. The Labute approximate surface area is 161 Å². The molecule has 1 unspecified atom stereocenters. The molecule has 2 aromatic carbocycles. The predicted octanol–water partition coefficient (Wildman–Crippen LogP) is 2.92. The minimum absolute atomic E-state index is 0.204. The minimum atomic E-state index is -3.68. The molecule has 0 amide bonds. The zero-order chi connectivity index (χ0) is 19.6. The van der Waals surface area contributed by atoms with Crippen LogP contribution in [0.2, 0.25) is 0 Å². The normalized spacial score (nSPS) is 16.7. The van der Waals surface area contributed by atoms with E-state index in [1.165, 1.54) is 0 Å². The van der Waals surface area contributed by atoms with Crippen LogP contribution in [0.4, 0.5) is 5.69 Å². The Balaban J connectivity index is 1.94. The molecule has 146 valence electrons. The van der Waals surface area contributed by atoms with Gasteiger partial charge in [0, 0.05) is 11.6 Å². The van der Waals surface area contributed by atoms with E-state index in [9.17, 15) is 8.42 Å². The van der Waals surface area contributed by atoms with Gasteiger partial charge in [0.15, 0.2) is 0 Å². The minimum Gasteiger partial charge on any atom is -0.497 e. The van der Waals surface area contributed by atoms with E-state index >= 15 is 0 Å². The van der Waals surface area contributed by atoms with E-state index < -0.39 is 10.0 Å². The first-order chi connectivity index (χ1) is 12.9. The van der Waals surface area contributed by atoms with Gasteiger partial charge in [0.2, 0.25) is 0 Å². The van der Waals surface area contributed by atoms with Crippen molar-refractivity contribution in [3.8, 4) is 11.5 Å². The summed E-state index contributed by atoms with van der Waals surface area (Å²) in [5.74, 6) is 1.43. The fraction of sp³-hybridized carbons (Fsp3) is 0.400. The van der Waals surface area contributed by atoms with Crippen LogP contribution < -0.4 is 14.2 Å². The van der Waals surface area contributed by atoms with Crippen LogP contribution in [0.15, 0.2) is 41.3 Å². The lowest BCUT2D eigenvalue weighted by Gasteiger charge is -2.32. The van der Waals surface area contributed by atoms with Crippen molar-refractivity contribution >= 4 is 15.7 Å². The van der Waals surface area contributed by atoms with Crippen LogP contribution >= 0.6 is 0 Å². The quantitative estimate of drug-likeness (QED) is 0.821. The third-order valence-corrected chi connectivity index (χ3v) is 6.50. The number of hydrogen-bond donors (Lipinski definition) is 1. The highest BCUT2D eigenvalue weighted by molar-refractivity contribution is 7.92. The fourth-order valence-electron chi connectivity index (χ4n) is 3.52. The summed E-state index contributed by atoms with van der Waals surface area (Å²) in [7, 11) is 3.65. The molecule has 0 aromatic heterocycles. The first kappa shape index (κ1) is 19.5. The first-order valence-electron chi connectivity index (χ1n) is 8.87. The van der Waals surface area contributed by atoms with Gasteiger partial charge in [-0.3, -0.25) is 4.72 Å². The summed E-state index contributed by atoms with van der Waals surface area (Å²) in [6.45, 7) is 0. The average molecular weight is 391 g/mol. The van der Waals surface area contributed by atoms with Gasteiger partial charge in [-0.1, -0.05) is 0 Å². The van der Waals surface area contributed by atoms with E-state index in [4.69, 9.17) is 9.47 Å². The third-order valence-electron chi connectivity index (χ3n) is 5.12. The summed E-state index contributed by atoms with van der Waals surface area (Å²) in [6, 6.07) is 10.4. The van der Waals surface area contributed by atoms with Crippen LogP contribution in [0, 0.1) is 0 Å². The van der Waals surface area contributed by atoms with Crippen molar-refractivity contribution in [3.05, 3.63) is 47.5 Å². The molecule has 0 saturated carbocycles. The van der Waals surface area contributed by atoms with Gasteiger partial charge in [-0.15, -0.1) is 0 Å². The predicted molar refractivity (Wildman–Crippen MR) is 106 cm³/mol. The summed E-state index contributed by atoms with van der Waals surface area (Å²) in [5.41, 5.74) is 2.72. The molecule has 0 bridgehead atoms. The highest BCUT2D eigenvalue weighted by Crippen LogP contribution is 2.36. The zero-order valence-electron chi connectivity index (χ0n) is 16.2. The number of likely N-dealkylation sites (N-methyl/N-ethyl adjacent to an activating group) is 1. The van der Waals surface area contributed by atoms with Crippen molar-refractivity contribution < 1.29 is 17.9 Å². The molecule has 7 heteroatoms. The molecular formula is C20H26N2O4S. The Morgan fingerprint density at radius 2 is 1.70 bits per heavy atom. The summed E-state index contributed by atoms with van der Waals surface area (Å²) in [5, 5.41) is 0. The van der Waals surface area contributed by atoms with Crippen molar-refractivity contribution in [1.82, 2.24) is 4.90 Å². The van der Waals surface area contributed by atoms with E-state index in [2.05, 4.69) is 23.7 Å². The highest BCUT2D eigenvalue weighted by Gasteiger charge is 2.27. The maximum Gasteiger partial charge on any atom is 0.261 e. The highest BCUT2D eigenvalue weighted by atomic mass is 32.2. The second kappa shape index (κ2) is 7.78. The summed E-state index contributed by atoms with van der Waals surface area (Å²) < 4.78 is 39.0. The van der Waals surface area contributed by atoms with Gasteiger partial charge in [0.05, 0.1) is 24.8 Å². The van der Waals surface area contributed by atoms with Gasteiger partial charge in [-0.05, 0) is 75.3 Å². The van der Waals surface area contributed by atoms with Gasteiger partial charge in [0.1, 0.15) is 11.5 Å². The molecule has 3 rings (SSSR count). The maximum atomic E-state index is 12.8. The van der Waals surface area contributed by atoms with E-state index in [0.29, 0.717) is 17.5 Å². The lowest BCUT2D eigenvalue weighted by atomic mass is 9.86. The van der Waals surface area contributed by atoms with Crippen LogP contribution in [0.3, 0.4) is 0 Å². The van der Waals surface area contributed by atoms with Crippen molar-refractivity contribution in [3.63, 3.8) is 0 Å². The average Bonchev–Trinajstić information content (AvgIpc) is 2.67. The molecule has 0 radical (unpaired) electrons. The van der Waals surface area contributed by atoms with Gasteiger partial charge >= 0.3 is 0 Å². The van der Waals surface area contributed by atoms with Gasteiger partial charge in [-0.2, -0.15) is 0 Å². The zero-order valence-corrected chi connectivity index (χ0v) is 17.0. The Morgan fingerprint density at radius 1 is 1.00 bits per heavy atom. The first-order valence-corrected chi connectivity index (χ1v) is 10.4. The number of sulfonamides is 1. The fourth-order valence-corrected chi connectivity index (χ4v) is 4.61. The molecular weight excluding hydrogens is 364 g/mol. The molecule has 0 aliphatic heterocycles. The number of ether oxygens (including phenoxy) is 2. The van der Waals surface area contributed by atoms with Gasteiger partial charge < -0.3 is 14.4 Å². The summed E-state index contributed by atoms with van der Waals surface area (Å²) >= 11 is 0. The van der Waals surface area contributed by atoms with E-state index in [0.717, 1.165) is 36.1 Å². The van der Waals surface area contributed by atoms with Gasteiger partial charge in [-0.25, -0.2) is 8.42 Å². The van der Waals surface area contributed by atoms with E-state index in [-0.39, 0.29) is 4.90 Å². The molecule has 0 saturated heterocycles. The molecule has 1 N–H and O–H groups in total. The van der Waals surface area contributed by atoms with Gasteiger partial charge in [0.25, 0.3) is 10.0 Å². The molecule has 1 aliphatic carbocycles. The summed E-state index contributed by atoms with van der Waals surface area (Å²) in [4.78, 5) is 2.41. The monoisotopic (exact) mass is 390 g/mol. The number of hydrogen-bond acceptors (Lipinski definition) is 5. The van der Waals surface area contributed by atoms with Crippen LogP contribution in [-0.4, -0.2) is 47.7 Å². The third kappa shape index (κ3) is 4.04.